The van der Waals surface area contributed by atoms with Crippen LogP contribution < -0.4 is 26.6 Å². The van der Waals surface area contributed by atoms with Gasteiger partial charge in [-0.25, -0.2) is 4.79 Å². The van der Waals surface area contributed by atoms with Crippen molar-refractivity contribution in [3.05, 3.63) is 50.7 Å². The van der Waals surface area contributed by atoms with Crippen LogP contribution in [0.2, 0.25) is 0 Å². The molecular formula is C21H27F3N4O4. The van der Waals surface area contributed by atoms with Crippen molar-refractivity contribution in [1.29, 1.82) is 0 Å². The highest BCUT2D eigenvalue weighted by molar-refractivity contribution is 5.96. The second-order valence-corrected chi connectivity index (χ2v) is 7.71. The van der Waals surface area contributed by atoms with E-state index in [0.717, 1.165) is 23.5 Å². The molecule has 0 spiro atoms. The number of nitrogens with zero attached hydrogens (tertiary/aromatic N) is 2. The minimum atomic E-state index is -4.55. The van der Waals surface area contributed by atoms with Crippen LogP contribution in [0, 0.1) is 5.92 Å². The molecule has 0 saturated heterocycles. The summed E-state index contributed by atoms with van der Waals surface area (Å²) in [6.45, 7) is 5.27. The number of rotatable bonds is 9. The molecule has 1 heterocycles. The largest absolute Gasteiger partial charge is 0.484 e. The fourth-order valence-electron chi connectivity index (χ4n) is 3.04. The first-order chi connectivity index (χ1) is 15.0. The Morgan fingerprint density at radius 1 is 1.28 bits per heavy atom. The van der Waals surface area contributed by atoms with E-state index in [-0.39, 0.29) is 36.3 Å². The van der Waals surface area contributed by atoms with Crippen molar-refractivity contribution in [3.8, 4) is 5.75 Å². The molecule has 0 aliphatic rings. The third kappa shape index (κ3) is 6.14. The Kier molecular flexibility index (Phi) is 8.12. The van der Waals surface area contributed by atoms with Crippen molar-refractivity contribution in [2.45, 2.75) is 46.3 Å². The summed E-state index contributed by atoms with van der Waals surface area (Å²) in [4.78, 5) is 40.9. The number of halogens is 3. The van der Waals surface area contributed by atoms with Crippen LogP contribution in [0.3, 0.4) is 0 Å². The van der Waals surface area contributed by atoms with E-state index in [2.05, 4.69) is 4.98 Å². The topological polar surface area (TPSA) is 110 Å². The molecule has 176 valence electrons. The van der Waals surface area contributed by atoms with Crippen LogP contribution in [0.1, 0.15) is 39.2 Å². The number of alkyl halides is 3. The number of nitrogens with two attached hydrogens (primary N) is 1. The lowest BCUT2D eigenvalue weighted by Gasteiger charge is -2.26. The summed E-state index contributed by atoms with van der Waals surface area (Å²) in [7, 11) is 0. The number of ether oxygens (including phenoxy) is 1. The third-order valence-electron chi connectivity index (χ3n) is 4.59. The molecule has 0 atom stereocenters. The maximum absolute atomic E-state index is 12.9. The van der Waals surface area contributed by atoms with Crippen molar-refractivity contribution >= 4 is 17.4 Å². The first-order valence-corrected chi connectivity index (χ1v) is 10.2. The highest BCUT2D eigenvalue weighted by Gasteiger charge is 2.31. The molecule has 2 rings (SSSR count). The molecule has 0 saturated carbocycles. The quantitative estimate of drug-likeness (QED) is 0.603. The van der Waals surface area contributed by atoms with Gasteiger partial charge >= 0.3 is 11.9 Å². The maximum atomic E-state index is 12.9. The Labute approximate surface area is 182 Å². The predicted molar refractivity (Wildman–Crippen MR) is 115 cm³/mol. The van der Waals surface area contributed by atoms with Crippen LogP contribution in [0.5, 0.6) is 5.75 Å². The number of nitrogens with one attached hydrogen (secondary N) is 1. The molecular weight excluding hydrogens is 429 g/mol. The summed E-state index contributed by atoms with van der Waals surface area (Å²) in [5, 5.41) is 0. The molecule has 1 aromatic carbocycles. The molecule has 0 fully saturated rings. The van der Waals surface area contributed by atoms with Crippen LogP contribution in [0.25, 0.3) is 0 Å². The van der Waals surface area contributed by atoms with Crippen LogP contribution in [0.4, 0.5) is 24.7 Å². The molecule has 3 N–H and O–H groups in total. The number of aromatic amines is 1. The summed E-state index contributed by atoms with van der Waals surface area (Å²) in [6, 6.07) is 4.13. The monoisotopic (exact) mass is 456 g/mol. The van der Waals surface area contributed by atoms with Crippen LogP contribution >= 0.6 is 0 Å². The lowest BCUT2D eigenvalue weighted by Crippen LogP contribution is -2.44. The fraction of sp³-hybridized carbons (Fsp3) is 0.476. The van der Waals surface area contributed by atoms with E-state index < -0.39 is 35.5 Å². The number of anilines is 2. The number of carbonyl (C=O) groups excluding carboxylic acids is 1. The van der Waals surface area contributed by atoms with E-state index in [1.807, 2.05) is 20.8 Å². The van der Waals surface area contributed by atoms with Gasteiger partial charge in [-0.1, -0.05) is 33.3 Å². The van der Waals surface area contributed by atoms with Crippen molar-refractivity contribution in [3.63, 3.8) is 0 Å². The van der Waals surface area contributed by atoms with Gasteiger partial charge in [-0.2, -0.15) is 13.2 Å². The molecule has 0 aliphatic carbocycles. The summed E-state index contributed by atoms with van der Waals surface area (Å²) < 4.78 is 45.2. The Bertz CT molecular complexity index is 1060. The van der Waals surface area contributed by atoms with E-state index in [1.165, 1.54) is 16.7 Å². The number of benzene rings is 1. The Hall–Kier alpha value is -3.24. The average molecular weight is 456 g/mol. The molecule has 0 radical (unpaired) electrons. The third-order valence-corrected chi connectivity index (χ3v) is 4.59. The van der Waals surface area contributed by atoms with Gasteiger partial charge < -0.3 is 15.4 Å². The lowest BCUT2D eigenvalue weighted by atomic mass is 10.2. The fourth-order valence-corrected chi connectivity index (χ4v) is 3.04. The number of hydrogen-bond donors (Lipinski definition) is 2. The van der Waals surface area contributed by atoms with E-state index in [4.69, 9.17) is 10.5 Å². The molecule has 0 unspecified atom stereocenters. The van der Waals surface area contributed by atoms with Gasteiger partial charge in [-0.15, -0.1) is 0 Å². The molecule has 32 heavy (non-hydrogen) atoms. The molecule has 8 nitrogen and oxygen atoms in total. The number of nitrogen functional groups attached to an aromatic ring is 1. The minimum Gasteiger partial charge on any atom is -0.484 e. The van der Waals surface area contributed by atoms with Gasteiger partial charge in [0.25, 0.3) is 11.5 Å². The summed E-state index contributed by atoms with van der Waals surface area (Å²) >= 11 is 0. The minimum absolute atomic E-state index is 0.0812. The standard InChI is InChI=1S/C21H27F3N4O4/c1-4-5-9-27-18(25)17(19(30)26-20(27)31)28(11-13(2)3)16(29)12-32-15-8-6-7-14(10-15)21(22,23)24/h6-8,10,13H,4-5,9,11-12,25H2,1-3H3,(H,26,30,31). The Morgan fingerprint density at radius 3 is 2.56 bits per heavy atom. The molecule has 1 amide bonds. The number of H-pyrrole nitrogens is 1. The normalized spacial score (nSPS) is 11.6. The summed E-state index contributed by atoms with van der Waals surface area (Å²) in [5.74, 6) is -1.07. The van der Waals surface area contributed by atoms with Crippen molar-refractivity contribution < 1.29 is 22.7 Å². The second-order valence-electron chi connectivity index (χ2n) is 7.71. The number of amides is 1. The first-order valence-electron chi connectivity index (χ1n) is 10.2. The smallest absolute Gasteiger partial charge is 0.416 e. The highest BCUT2D eigenvalue weighted by atomic mass is 19.4. The first kappa shape index (κ1) is 25.0. The van der Waals surface area contributed by atoms with Crippen molar-refractivity contribution in [2.75, 3.05) is 23.8 Å². The van der Waals surface area contributed by atoms with Gasteiger partial charge in [0.05, 0.1) is 5.56 Å². The number of unbranched alkanes of at least 4 members (excludes halogenated alkanes) is 1. The molecule has 0 aliphatic heterocycles. The second kappa shape index (κ2) is 10.4. The SMILES string of the molecule is CCCCn1c(N)c(N(CC(C)C)C(=O)COc2cccc(C(F)(F)F)c2)c(=O)[nH]c1=O. The lowest BCUT2D eigenvalue weighted by molar-refractivity contribution is -0.137. The molecule has 2 aromatic rings. The van der Waals surface area contributed by atoms with Crippen LogP contribution in [-0.4, -0.2) is 28.6 Å². The van der Waals surface area contributed by atoms with Crippen molar-refractivity contribution in [2.24, 2.45) is 5.92 Å². The number of aromatic nitrogens is 2. The Morgan fingerprint density at radius 2 is 1.97 bits per heavy atom. The van der Waals surface area contributed by atoms with Gasteiger partial charge in [0.2, 0.25) is 0 Å². The van der Waals surface area contributed by atoms with Gasteiger partial charge in [0, 0.05) is 13.1 Å². The van der Waals surface area contributed by atoms with Gasteiger partial charge in [-0.05, 0) is 30.5 Å². The van der Waals surface area contributed by atoms with Gasteiger partial charge in [0.15, 0.2) is 12.3 Å². The summed E-state index contributed by atoms with van der Waals surface area (Å²) in [5.41, 5.74) is 3.49. The van der Waals surface area contributed by atoms with E-state index in [1.54, 1.807) is 0 Å². The zero-order valence-corrected chi connectivity index (χ0v) is 18.2. The zero-order valence-electron chi connectivity index (χ0n) is 18.2. The van der Waals surface area contributed by atoms with Gasteiger partial charge in [0.1, 0.15) is 11.6 Å². The maximum Gasteiger partial charge on any atom is 0.416 e. The molecule has 1 aromatic heterocycles. The number of hydrogen-bond acceptors (Lipinski definition) is 5. The van der Waals surface area contributed by atoms with E-state index in [0.29, 0.717) is 6.42 Å². The van der Waals surface area contributed by atoms with E-state index >= 15 is 0 Å². The predicted octanol–water partition coefficient (Wildman–Crippen LogP) is 3.01. The van der Waals surface area contributed by atoms with E-state index in [9.17, 15) is 27.6 Å². The molecule has 0 bridgehead atoms. The van der Waals surface area contributed by atoms with Crippen LogP contribution in [0.15, 0.2) is 33.9 Å². The van der Waals surface area contributed by atoms with Crippen LogP contribution in [-0.2, 0) is 17.5 Å². The van der Waals surface area contributed by atoms with Gasteiger partial charge in [-0.3, -0.25) is 19.1 Å². The summed E-state index contributed by atoms with van der Waals surface area (Å²) in [6.07, 6.45) is -3.15. The molecule has 11 heteroatoms. The Balaban J connectivity index is 2.36. The van der Waals surface area contributed by atoms with Crippen molar-refractivity contribution in [1.82, 2.24) is 9.55 Å². The highest BCUT2D eigenvalue weighted by Crippen LogP contribution is 2.31. The average Bonchev–Trinajstić information content (AvgIpc) is 2.70. The number of carbonyl (C=O) groups is 1. The zero-order chi connectivity index (χ0) is 24.1.